The largest absolute Gasteiger partial charge is 0.337 e. The summed E-state index contributed by atoms with van der Waals surface area (Å²) < 4.78 is 1.95. The second-order valence-corrected chi connectivity index (χ2v) is 7.84. The van der Waals surface area contributed by atoms with Gasteiger partial charge in [-0.1, -0.05) is 31.9 Å². The minimum absolute atomic E-state index is 0.0705. The van der Waals surface area contributed by atoms with E-state index in [1.54, 1.807) is 0 Å². The number of carbonyl (C=O) groups is 1. The molecule has 128 valence electrons. The van der Waals surface area contributed by atoms with Gasteiger partial charge in [-0.25, -0.2) is 4.68 Å². The SMILES string of the molecule is Cc1c(C(=O)N2CC[C@H](C)C[C@H](C)C2)nnn1CC1CCCC1. The van der Waals surface area contributed by atoms with E-state index in [0.717, 1.165) is 31.7 Å². The Morgan fingerprint density at radius 2 is 1.91 bits per heavy atom. The van der Waals surface area contributed by atoms with E-state index >= 15 is 0 Å². The summed E-state index contributed by atoms with van der Waals surface area (Å²) in [4.78, 5) is 14.9. The number of nitrogens with zero attached hydrogens (tertiary/aromatic N) is 4. The van der Waals surface area contributed by atoms with Gasteiger partial charge in [-0.15, -0.1) is 5.10 Å². The minimum atomic E-state index is 0.0705. The third kappa shape index (κ3) is 3.75. The topological polar surface area (TPSA) is 51.0 Å². The summed E-state index contributed by atoms with van der Waals surface area (Å²) >= 11 is 0. The second-order valence-electron chi connectivity index (χ2n) is 7.84. The highest BCUT2D eigenvalue weighted by atomic mass is 16.2. The van der Waals surface area contributed by atoms with E-state index in [1.165, 1.54) is 32.1 Å². The van der Waals surface area contributed by atoms with Crippen molar-refractivity contribution in [2.24, 2.45) is 17.8 Å². The van der Waals surface area contributed by atoms with Crippen LogP contribution in [0.5, 0.6) is 0 Å². The Bertz CT molecular complexity index is 547. The smallest absolute Gasteiger partial charge is 0.276 e. The first-order valence-corrected chi connectivity index (χ1v) is 9.24. The molecule has 2 fully saturated rings. The quantitative estimate of drug-likeness (QED) is 0.859. The molecule has 2 aliphatic rings. The Hall–Kier alpha value is -1.39. The van der Waals surface area contributed by atoms with Gasteiger partial charge in [0.05, 0.1) is 5.69 Å². The number of hydrogen-bond acceptors (Lipinski definition) is 3. The standard InChI is InChI=1S/C18H30N4O/c1-13-8-9-21(11-14(2)10-13)18(23)17-15(3)22(20-19-17)12-16-6-4-5-7-16/h13-14,16H,4-12H2,1-3H3/t13-,14-/m0/s1. The highest BCUT2D eigenvalue weighted by molar-refractivity contribution is 5.93. The zero-order valence-electron chi connectivity index (χ0n) is 14.8. The molecule has 1 saturated heterocycles. The van der Waals surface area contributed by atoms with Crippen LogP contribution in [0.3, 0.4) is 0 Å². The van der Waals surface area contributed by atoms with Gasteiger partial charge in [-0.2, -0.15) is 0 Å². The fourth-order valence-electron chi connectivity index (χ4n) is 4.23. The molecule has 0 unspecified atom stereocenters. The van der Waals surface area contributed by atoms with Gasteiger partial charge >= 0.3 is 0 Å². The van der Waals surface area contributed by atoms with Crippen LogP contribution in [0.15, 0.2) is 0 Å². The van der Waals surface area contributed by atoms with Crippen LogP contribution in [-0.4, -0.2) is 38.9 Å². The molecule has 3 rings (SSSR count). The maximum atomic E-state index is 12.9. The van der Waals surface area contributed by atoms with E-state index in [2.05, 4.69) is 24.2 Å². The van der Waals surface area contributed by atoms with Crippen LogP contribution in [0.2, 0.25) is 0 Å². The van der Waals surface area contributed by atoms with E-state index in [0.29, 0.717) is 23.4 Å². The number of hydrogen-bond donors (Lipinski definition) is 0. The molecular formula is C18H30N4O. The van der Waals surface area contributed by atoms with Crippen molar-refractivity contribution in [2.45, 2.75) is 65.8 Å². The van der Waals surface area contributed by atoms with E-state index in [9.17, 15) is 4.79 Å². The molecule has 0 N–H and O–H groups in total. The summed E-state index contributed by atoms with van der Waals surface area (Å²) in [6.45, 7) is 9.13. The minimum Gasteiger partial charge on any atom is -0.337 e. The molecule has 1 amide bonds. The molecule has 2 atom stereocenters. The number of amides is 1. The summed E-state index contributed by atoms with van der Waals surface area (Å²) in [7, 11) is 0. The highest BCUT2D eigenvalue weighted by Crippen LogP contribution is 2.27. The molecular weight excluding hydrogens is 288 g/mol. The van der Waals surface area contributed by atoms with Gasteiger partial charge < -0.3 is 4.90 Å². The first-order valence-electron chi connectivity index (χ1n) is 9.24. The molecule has 0 radical (unpaired) electrons. The lowest BCUT2D eigenvalue weighted by atomic mass is 9.97. The van der Waals surface area contributed by atoms with Crippen molar-refractivity contribution in [3.63, 3.8) is 0 Å². The molecule has 1 aliphatic carbocycles. The average Bonchev–Trinajstić information content (AvgIpc) is 3.10. The molecule has 1 aromatic rings. The van der Waals surface area contributed by atoms with Crippen LogP contribution < -0.4 is 0 Å². The summed E-state index contributed by atoms with van der Waals surface area (Å²) in [6, 6.07) is 0. The van der Waals surface area contributed by atoms with Crippen molar-refractivity contribution >= 4 is 5.91 Å². The predicted octanol–water partition coefficient (Wildman–Crippen LogP) is 3.28. The lowest BCUT2D eigenvalue weighted by molar-refractivity contribution is 0.0737. The maximum absolute atomic E-state index is 12.9. The van der Waals surface area contributed by atoms with Crippen LogP contribution in [0.1, 0.15) is 68.6 Å². The van der Waals surface area contributed by atoms with Crippen LogP contribution in [0.4, 0.5) is 0 Å². The monoisotopic (exact) mass is 318 g/mol. The Kier molecular flexibility index (Phi) is 5.02. The van der Waals surface area contributed by atoms with E-state index < -0.39 is 0 Å². The lowest BCUT2D eigenvalue weighted by Crippen LogP contribution is -2.34. The Balaban J connectivity index is 1.70. The van der Waals surface area contributed by atoms with Gasteiger partial charge in [-0.05, 0) is 50.4 Å². The zero-order chi connectivity index (χ0) is 16.4. The maximum Gasteiger partial charge on any atom is 0.276 e. The fourth-order valence-corrected chi connectivity index (χ4v) is 4.23. The molecule has 0 spiro atoms. The Labute approximate surface area is 139 Å². The second kappa shape index (κ2) is 7.02. The molecule has 1 aromatic heterocycles. The summed E-state index contributed by atoms with van der Waals surface area (Å²) in [5, 5.41) is 8.50. The van der Waals surface area contributed by atoms with Crippen molar-refractivity contribution in [1.29, 1.82) is 0 Å². The van der Waals surface area contributed by atoms with Gasteiger partial charge in [0.1, 0.15) is 0 Å². The zero-order valence-corrected chi connectivity index (χ0v) is 14.8. The van der Waals surface area contributed by atoms with Crippen molar-refractivity contribution in [3.05, 3.63) is 11.4 Å². The normalized spacial score (nSPS) is 26.5. The number of carbonyl (C=O) groups excluding carboxylic acids is 1. The molecule has 23 heavy (non-hydrogen) atoms. The molecule has 1 aliphatic heterocycles. The van der Waals surface area contributed by atoms with Gasteiger partial charge in [0.25, 0.3) is 5.91 Å². The van der Waals surface area contributed by atoms with Crippen LogP contribution in [0.25, 0.3) is 0 Å². The average molecular weight is 318 g/mol. The summed E-state index contributed by atoms with van der Waals surface area (Å²) in [6.07, 6.45) is 7.51. The van der Waals surface area contributed by atoms with Gasteiger partial charge in [0.15, 0.2) is 5.69 Å². The molecule has 2 heterocycles. The van der Waals surface area contributed by atoms with Crippen molar-refractivity contribution in [2.75, 3.05) is 13.1 Å². The van der Waals surface area contributed by atoms with Gasteiger partial charge in [0, 0.05) is 19.6 Å². The predicted molar refractivity (Wildman–Crippen MR) is 90.2 cm³/mol. The number of likely N-dealkylation sites (tertiary alicyclic amines) is 1. The third-order valence-electron chi connectivity index (χ3n) is 5.61. The van der Waals surface area contributed by atoms with E-state index in [1.807, 2.05) is 16.5 Å². The molecule has 0 aromatic carbocycles. The fraction of sp³-hybridized carbons (Fsp3) is 0.833. The molecule has 5 nitrogen and oxygen atoms in total. The molecule has 5 heteroatoms. The third-order valence-corrected chi connectivity index (χ3v) is 5.61. The Morgan fingerprint density at radius 1 is 1.17 bits per heavy atom. The lowest BCUT2D eigenvalue weighted by Gasteiger charge is -2.22. The highest BCUT2D eigenvalue weighted by Gasteiger charge is 2.27. The summed E-state index contributed by atoms with van der Waals surface area (Å²) in [5.41, 5.74) is 1.50. The number of aromatic nitrogens is 3. The van der Waals surface area contributed by atoms with Crippen molar-refractivity contribution < 1.29 is 4.79 Å². The summed E-state index contributed by atoms with van der Waals surface area (Å²) in [5.74, 6) is 2.03. The van der Waals surface area contributed by atoms with Gasteiger partial charge in [-0.3, -0.25) is 4.79 Å². The molecule has 1 saturated carbocycles. The van der Waals surface area contributed by atoms with Crippen molar-refractivity contribution in [1.82, 2.24) is 19.9 Å². The van der Waals surface area contributed by atoms with E-state index in [-0.39, 0.29) is 5.91 Å². The van der Waals surface area contributed by atoms with Gasteiger partial charge in [0.2, 0.25) is 0 Å². The van der Waals surface area contributed by atoms with Crippen LogP contribution in [0, 0.1) is 24.7 Å². The van der Waals surface area contributed by atoms with Crippen molar-refractivity contribution in [3.8, 4) is 0 Å². The van der Waals surface area contributed by atoms with Crippen LogP contribution >= 0.6 is 0 Å². The molecule has 0 bridgehead atoms. The first-order chi connectivity index (χ1) is 11.0. The number of rotatable bonds is 3. The first kappa shape index (κ1) is 16.5. The van der Waals surface area contributed by atoms with Crippen LogP contribution in [-0.2, 0) is 6.54 Å². The Morgan fingerprint density at radius 3 is 2.65 bits per heavy atom. The van der Waals surface area contributed by atoms with E-state index in [4.69, 9.17) is 0 Å².